The topological polar surface area (TPSA) is 53.5 Å². The predicted octanol–water partition coefficient (Wildman–Crippen LogP) is 2.31. The van der Waals surface area contributed by atoms with Crippen LogP contribution in [0.2, 0.25) is 0 Å². The van der Waals surface area contributed by atoms with E-state index in [2.05, 4.69) is 30.1 Å². The number of nitrogens with zero attached hydrogens (tertiary/aromatic N) is 3. The summed E-state index contributed by atoms with van der Waals surface area (Å²) >= 11 is 0. The molecule has 0 unspecified atom stereocenters. The molecular formula is C20H23N3O2. The van der Waals surface area contributed by atoms with Gasteiger partial charge in [-0.25, -0.2) is 0 Å². The molecule has 0 radical (unpaired) electrons. The maximum Gasteiger partial charge on any atom is 0.272 e. The molecule has 3 rings (SSSR count). The number of hydrogen-bond donors (Lipinski definition) is 0. The van der Waals surface area contributed by atoms with Crippen LogP contribution in [0.3, 0.4) is 0 Å². The average molecular weight is 337 g/mol. The molecule has 1 aliphatic rings. The zero-order chi connectivity index (χ0) is 17.6. The zero-order valence-electron chi connectivity index (χ0n) is 14.5. The first-order chi connectivity index (χ1) is 12.1. The fourth-order valence-corrected chi connectivity index (χ4v) is 3.09. The second-order valence-corrected chi connectivity index (χ2v) is 6.38. The van der Waals surface area contributed by atoms with E-state index in [9.17, 15) is 9.59 Å². The minimum Gasteiger partial charge on any atom is -0.339 e. The normalized spacial score (nSPS) is 14.4. The third-order valence-electron chi connectivity index (χ3n) is 4.51. The molecule has 130 valence electrons. The van der Waals surface area contributed by atoms with Gasteiger partial charge in [0, 0.05) is 38.8 Å². The molecular weight excluding hydrogens is 314 g/mol. The molecule has 1 aromatic heterocycles. The first kappa shape index (κ1) is 17.1. The van der Waals surface area contributed by atoms with Gasteiger partial charge in [-0.1, -0.05) is 35.9 Å². The zero-order valence-corrected chi connectivity index (χ0v) is 14.5. The lowest BCUT2D eigenvalue weighted by Gasteiger charge is -2.34. The molecule has 0 aliphatic carbocycles. The molecule has 2 heterocycles. The molecule has 1 saturated heterocycles. The van der Waals surface area contributed by atoms with Crippen molar-refractivity contribution in [1.29, 1.82) is 0 Å². The molecule has 0 saturated carbocycles. The van der Waals surface area contributed by atoms with Gasteiger partial charge in [0.15, 0.2) is 0 Å². The highest BCUT2D eigenvalue weighted by atomic mass is 16.2. The van der Waals surface area contributed by atoms with E-state index in [1.807, 2.05) is 17.0 Å². The van der Waals surface area contributed by atoms with E-state index < -0.39 is 0 Å². The lowest BCUT2D eigenvalue weighted by Crippen LogP contribution is -2.50. The van der Waals surface area contributed by atoms with Crippen LogP contribution in [-0.4, -0.2) is 52.8 Å². The van der Waals surface area contributed by atoms with Crippen molar-refractivity contribution in [1.82, 2.24) is 14.8 Å². The van der Waals surface area contributed by atoms with E-state index >= 15 is 0 Å². The Morgan fingerprint density at radius 2 is 1.76 bits per heavy atom. The molecule has 25 heavy (non-hydrogen) atoms. The molecule has 0 bridgehead atoms. The molecule has 5 heteroatoms. The van der Waals surface area contributed by atoms with E-state index in [-0.39, 0.29) is 11.8 Å². The van der Waals surface area contributed by atoms with Crippen LogP contribution in [0.4, 0.5) is 0 Å². The van der Waals surface area contributed by atoms with Gasteiger partial charge in [-0.2, -0.15) is 0 Å². The van der Waals surface area contributed by atoms with E-state index in [1.54, 1.807) is 23.2 Å². The number of piperazine rings is 1. The Bertz CT molecular complexity index is 738. The number of rotatable bonds is 4. The van der Waals surface area contributed by atoms with Crippen LogP contribution in [0.5, 0.6) is 0 Å². The number of pyridine rings is 1. The molecule has 5 nitrogen and oxygen atoms in total. The molecule has 1 fully saturated rings. The lowest BCUT2D eigenvalue weighted by molar-refractivity contribution is -0.132. The van der Waals surface area contributed by atoms with Gasteiger partial charge < -0.3 is 9.80 Å². The summed E-state index contributed by atoms with van der Waals surface area (Å²) < 4.78 is 0. The fraction of sp³-hybridized carbons (Fsp3) is 0.350. The van der Waals surface area contributed by atoms with Crippen LogP contribution in [-0.2, 0) is 11.2 Å². The summed E-state index contributed by atoms with van der Waals surface area (Å²) in [6.45, 7) is 4.36. The number of aryl methyl sites for hydroxylation is 2. The molecule has 0 N–H and O–H groups in total. The van der Waals surface area contributed by atoms with E-state index in [0.29, 0.717) is 38.3 Å². The van der Waals surface area contributed by atoms with Crippen LogP contribution in [0.15, 0.2) is 48.7 Å². The van der Waals surface area contributed by atoms with Gasteiger partial charge in [0.25, 0.3) is 5.91 Å². The van der Waals surface area contributed by atoms with E-state index in [1.165, 1.54) is 11.1 Å². The van der Waals surface area contributed by atoms with Crippen LogP contribution < -0.4 is 0 Å². The number of aromatic nitrogens is 1. The quantitative estimate of drug-likeness (QED) is 0.860. The maximum atomic E-state index is 12.4. The highest BCUT2D eigenvalue weighted by Gasteiger charge is 2.25. The van der Waals surface area contributed by atoms with Crippen molar-refractivity contribution in [3.05, 3.63) is 65.5 Å². The minimum atomic E-state index is -0.0625. The number of benzene rings is 1. The Hall–Kier alpha value is -2.69. The molecule has 2 amide bonds. The van der Waals surface area contributed by atoms with Gasteiger partial charge >= 0.3 is 0 Å². The molecule has 0 atom stereocenters. The van der Waals surface area contributed by atoms with Crippen LogP contribution in [0.25, 0.3) is 0 Å². The predicted molar refractivity (Wildman–Crippen MR) is 96.2 cm³/mol. The van der Waals surface area contributed by atoms with Crippen molar-refractivity contribution in [2.75, 3.05) is 26.2 Å². The van der Waals surface area contributed by atoms with Crippen molar-refractivity contribution >= 4 is 11.8 Å². The van der Waals surface area contributed by atoms with E-state index in [4.69, 9.17) is 0 Å². The third-order valence-corrected chi connectivity index (χ3v) is 4.51. The highest BCUT2D eigenvalue weighted by Crippen LogP contribution is 2.11. The summed E-state index contributed by atoms with van der Waals surface area (Å²) in [5.41, 5.74) is 2.87. The van der Waals surface area contributed by atoms with Crippen LogP contribution >= 0.6 is 0 Å². The largest absolute Gasteiger partial charge is 0.339 e. The first-order valence-corrected chi connectivity index (χ1v) is 8.67. The monoisotopic (exact) mass is 337 g/mol. The summed E-state index contributed by atoms with van der Waals surface area (Å²) in [4.78, 5) is 32.5. The third kappa shape index (κ3) is 4.44. The Morgan fingerprint density at radius 1 is 1.00 bits per heavy atom. The minimum absolute atomic E-state index is 0.0625. The van der Waals surface area contributed by atoms with Gasteiger partial charge in [0.1, 0.15) is 5.69 Å². The van der Waals surface area contributed by atoms with Crippen LogP contribution in [0.1, 0.15) is 28.0 Å². The summed E-state index contributed by atoms with van der Waals surface area (Å²) in [5.74, 6) is 0.0962. The first-order valence-electron chi connectivity index (χ1n) is 8.67. The van der Waals surface area contributed by atoms with Crippen molar-refractivity contribution < 1.29 is 9.59 Å². The Balaban J connectivity index is 1.48. The highest BCUT2D eigenvalue weighted by molar-refractivity contribution is 5.92. The van der Waals surface area contributed by atoms with Gasteiger partial charge in [-0.3, -0.25) is 14.6 Å². The van der Waals surface area contributed by atoms with Gasteiger partial charge in [-0.15, -0.1) is 0 Å². The number of amides is 2. The van der Waals surface area contributed by atoms with Crippen molar-refractivity contribution in [3.8, 4) is 0 Å². The summed E-state index contributed by atoms with van der Waals surface area (Å²) in [5, 5.41) is 0. The molecule has 1 aliphatic heterocycles. The smallest absolute Gasteiger partial charge is 0.272 e. The van der Waals surface area contributed by atoms with Crippen molar-refractivity contribution in [3.63, 3.8) is 0 Å². The summed E-state index contributed by atoms with van der Waals surface area (Å²) in [7, 11) is 0. The average Bonchev–Trinajstić information content (AvgIpc) is 2.66. The molecule has 0 spiro atoms. The maximum absolute atomic E-state index is 12.4. The van der Waals surface area contributed by atoms with Gasteiger partial charge in [-0.05, 0) is 31.0 Å². The lowest BCUT2D eigenvalue weighted by atomic mass is 10.1. The number of carbonyl (C=O) groups excluding carboxylic acids is 2. The standard InChI is InChI=1S/C20H23N3O2/c1-16-5-4-6-17(15-16)8-9-19(24)22-11-13-23(14-12-22)20(25)18-7-2-3-10-21-18/h2-7,10,15H,8-9,11-14H2,1H3. The van der Waals surface area contributed by atoms with Crippen LogP contribution in [0, 0.1) is 6.92 Å². The summed E-state index contributed by atoms with van der Waals surface area (Å²) in [6, 6.07) is 13.6. The Morgan fingerprint density at radius 3 is 2.44 bits per heavy atom. The fourth-order valence-electron chi connectivity index (χ4n) is 3.09. The number of carbonyl (C=O) groups is 2. The molecule has 2 aromatic rings. The SMILES string of the molecule is Cc1cccc(CCC(=O)N2CCN(C(=O)c3ccccn3)CC2)c1. The van der Waals surface area contributed by atoms with Gasteiger partial charge in [0.2, 0.25) is 5.91 Å². The molecule has 1 aromatic carbocycles. The second kappa shape index (κ2) is 7.92. The van der Waals surface area contributed by atoms with E-state index in [0.717, 1.165) is 6.42 Å². The second-order valence-electron chi connectivity index (χ2n) is 6.38. The Labute approximate surface area is 148 Å². The number of hydrogen-bond acceptors (Lipinski definition) is 3. The van der Waals surface area contributed by atoms with Crippen molar-refractivity contribution in [2.24, 2.45) is 0 Å². The summed E-state index contributed by atoms with van der Waals surface area (Å²) in [6.07, 6.45) is 2.89. The Kier molecular flexibility index (Phi) is 5.43. The van der Waals surface area contributed by atoms with Crippen molar-refractivity contribution in [2.45, 2.75) is 19.8 Å². The van der Waals surface area contributed by atoms with Gasteiger partial charge in [0.05, 0.1) is 0 Å².